The van der Waals surface area contributed by atoms with Gasteiger partial charge in [-0.2, -0.15) is 16.8 Å². The Kier molecular flexibility index (Phi) is 5.40. The first-order valence-electron chi connectivity index (χ1n) is 7.24. The van der Waals surface area contributed by atoms with Gasteiger partial charge in [0.2, 0.25) is 0 Å². The molecule has 0 saturated heterocycles. The molecule has 0 aliphatic rings. The second-order valence-corrected chi connectivity index (χ2v) is 8.84. The van der Waals surface area contributed by atoms with Crippen LogP contribution < -0.4 is 0 Å². The summed E-state index contributed by atoms with van der Waals surface area (Å²) in [7, 11) is -9.76. The average Bonchev–Trinajstić information content (AvgIpc) is 2.53. The molecule has 0 aliphatic carbocycles. The van der Waals surface area contributed by atoms with Gasteiger partial charge in [-0.3, -0.25) is 0 Å². The van der Waals surface area contributed by atoms with Crippen LogP contribution in [-0.2, 0) is 23.9 Å². The molecule has 0 saturated carbocycles. The summed E-state index contributed by atoms with van der Waals surface area (Å²) < 4.78 is 53.4. The first-order chi connectivity index (χ1) is 12.3. The standard InChI is InChI=1S/C16H14O9S2/c1-9-3-5-11(7-13(9)15(17)18)26(21,22)25-27(23,24)12-6-4-10(2)14(8-12)16(19)20/h3-8H,1-2H3,(H,17,18)(H,19,20). The molecule has 9 nitrogen and oxygen atoms in total. The third-order valence-corrected chi connectivity index (χ3v) is 6.73. The van der Waals surface area contributed by atoms with Gasteiger partial charge < -0.3 is 10.2 Å². The van der Waals surface area contributed by atoms with E-state index in [0.29, 0.717) is 0 Å². The molecular weight excluding hydrogens is 400 g/mol. The van der Waals surface area contributed by atoms with Crippen molar-refractivity contribution in [3.05, 3.63) is 58.7 Å². The van der Waals surface area contributed by atoms with Gasteiger partial charge in [-0.25, -0.2) is 9.59 Å². The van der Waals surface area contributed by atoms with Crippen LogP contribution in [-0.4, -0.2) is 39.0 Å². The van der Waals surface area contributed by atoms with Crippen molar-refractivity contribution in [3.8, 4) is 0 Å². The van der Waals surface area contributed by atoms with Gasteiger partial charge in [0.05, 0.1) is 20.9 Å². The van der Waals surface area contributed by atoms with Crippen LogP contribution in [0.4, 0.5) is 0 Å². The number of benzene rings is 2. The summed E-state index contributed by atoms with van der Waals surface area (Å²) in [6.45, 7) is 2.88. The highest BCUT2D eigenvalue weighted by molar-refractivity contribution is 7.99. The molecule has 144 valence electrons. The zero-order chi connectivity index (χ0) is 20.6. The molecular formula is C16H14O9S2. The molecule has 0 bridgehead atoms. The van der Waals surface area contributed by atoms with Crippen molar-refractivity contribution in [2.24, 2.45) is 0 Å². The SMILES string of the molecule is Cc1ccc(S(=O)(=O)OS(=O)(=O)c2ccc(C)c(C(=O)O)c2)cc1C(=O)O. The van der Waals surface area contributed by atoms with E-state index in [1.165, 1.54) is 26.0 Å². The van der Waals surface area contributed by atoms with Gasteiger partial charge in [0, 0.05) is 0 Å². The summed E-state index contributed by atoms with van der Waals surface area (Å²) in [6.07, 6.45) is 0. The first-order valence-corrected chi connectivity index (χ1v) is 10.1. The van der Waals surface area contributed by atoms with Crippen molar-refractivity contribution < 1.29 is 40.3 Å². The number of carboxylic acid groups (broad SMARTS) is 2. The number of hydrogen-bond donors (Lipinski definition) is 2. The van der Waals surface area contributed by atoms with Gasteiger partial charge in [0.15, 0.2) is 0 Å². The van der Waals surface area contributed by atoms with Crippen LogP contribution in [0.15, 0.2) is 46.2 Å². The van der Waals surface area contributed by atoms with Gasteiger partial charge in [0.25, 0.3) is 0 Å². The van der Waals surface area contributed by atoms with Crippen LogP contribution >= 0.6 is 0 Å². The molecule has 2 N–H and O–H groups in total. The molecule has 2 aromatic rings. The molecule has 0 atom stereocenters. The van der Waals surface area contributed by atoms with E-state index in [0.717, 1.165) is 24.3 Å². The van der Waals surface area contributed by atoms with Crippen molar-refractivity contribution in [1.82, 2.24) is 0 Å². The Morgan fingerprint density at radius 3 is 1.37 bits per heavy atom. The van der Waals surface area contributed by atoms with E-state index < -0.39 is 42.0 Å². The molecule has 2 aromatic carbocycles. The third-order valence-electron chi connectivity index (χ3n) is 3.64. The van der Waals surface area contributed by atoms with Crippen LogP contribution in [0.25, 0.3) is 0 Å². The highest BCUT2D eigenvalue weighted by Crippen LogP contribution is 2.24. The highest BCUT2D eigenvalue weighted by atomic mass is 32.3. The predicted octanol–water partition coefficient (Wildman–Crippen LogP) is 1.79. The van der Waals surface area contributed by atoms with E-state index >= 15 is 0 Å². The number of carbonyl (C=O) groups is 2. The zero-order valence-electron chi connectivity index (χ0n) is 14.0. The van der Waals surface area contributed by atoms with E-state index in [4.69, 9.17) is 10.2 Å². The summed E-state index contributed by atoms with van der Waals surface area (Å²) >= 11 is 0. The van der Waals surface area contributed by atoms with E-state index in [1.807, 2.05) is 0 Å². The minimum absolute atomic E-state index is 0.272. The smallest absolute Gasteiger partial charge is 0.335 e. The molecule has 11 heteroatoms. The molecule has 0 amide bonds. The minimum atomic E-state index is -4.88. The Morgan fingerprint density at radius 2 is 1.07 bits per heavy atom. The highest BCUT2D eigenvalue weighted by Gasteiger charge is 2.28. The van der Waals surface area contributed by atoms with Crippen molar-refractivity contribution in [1.29, 1.82) is 0 Å². The normalized spacial score (nSPS) is 11.9. The van der Waals surface area contributed by atoms with Gasteiger partial charge in [-0.05, 0) is 49.2 Å². The summed E-state index contributed by atoms with van der Waals surface area (Å²) in [6, 6.07) is 5.96. The Balaban J connectivity index is 2.48. The van der Waals surface area contributed by atoms with Crippen LogP contribution in [0.1, 0.15) is 31.8 Å². The lowest BCUT2D eigenvalue weighted by Crippen LogP contribution is -2.16. The topological polar surface area (TPSA) is 152 Å². The summed E-state index contributed by atoms with van der Waals surface area (Å²) in [4.78, 5) is 20.9. The monoisotopic (exact) mass is 414 g/mol. The fraction of sp³-hybridized carbons (Fsp3) is 0.125. The Labute approximate surface area is 155 Å². The summed E-state index contributed by atoms with van der Waals surface area (Å²) in [5.41, 5.74) is -0.121. The van der Waals surface area contributed by atoms with Crippen LogP contribution in [0, 0.1) is 13.8 Å². The Bertz CT molecular complexity index is 1050. The fourth-order valence-corrected chi connectivity index (χ4v) is 4.74. The van der Waals surface area contributed by atoms with Gasteiger partial charge in [-0.1, -0.05) is 12.1 Å². The molecule has 0 aromatic heterocycles. The average molecular weight is 414 g/mol. The lowest BCUT2D eigenvalue weighted by molar-refractivity contribution is 0.0685. The quantitative estimate of drug-likeness (QED) is 0.720. The van der Waals surface area contributed by atoms with E-state index in [2.05, 4.69) is 3.63 Å². The number of hydrogen-bond acceptors (Lipinski definition) is 7. The maximum atomic E-state index is 12.3. The van der Waals surface area contributed by atoms with Gasteiger partial charge >= 0.3 is 32.2 Å². The van der Waals surface area contributed by atoms with E-state index in [-0.39, 0.29) is 22.3 Å². The molecule has 0 unspecified atom stereocenters. The molecule has 27 heavy (non-hydrogen) atoms. The lowest BCUT2D eigenvalue weighted by atomic mass is 10.1. The summed E-state index contributed by atoms with van der Waals surface area (Å²) in [5, 5.41) is 18.1. The second-order valence-electron chi connectivity index (χ2n) is 5.54. The molecule has 0 heterocycles. The van der Waals surface area contributed by atoms with Crippen molar-refractivity contribution in [3.63, 3.8) is 0 Å². The number of rotatable bonds is 6. The first kappa shape index (κ1) is 20.6. The predicted molar refractivity (Wildman–Crippen MR) is 91.7 cm³/mol. The zero-order valence-corrected chi connectivity index (χ0v) is 15.7. The largest absolute Gasteiger partial charge is 0.478 e. The van der Waals surface area contributed by atoms with Gasteiger partial charge in [0.1, 0.15) is 0 Å². The minimum Gasteiger partial charge on any atom is -0.478 e. The number of aryl methyl sites for hydroxylation is 2. The van der Waals surface area contributed by atoms with Gasteiger partial charge in [-0.15, -0.1) is 3.63 Å². The Morgan fingerprint density at radius 1 is 0.741 bits per heavy atom. The van der Waals surface area contributed by atoms with Crippen molar-refractivity contribution in [2.75, 3.05) is 0 Å². The molecule has 2 rings (SSSR count). The third kappa shape index (κ3) is 4.32. The molecule has 0 fully saturated rings. The Hall–Kier alpha value is -2.76. The fourth-order valence-electron chi connectivity index (χ4n) is 2.17. The number of carboxylic acids is 2. The van der Waals surface area contributed by atoms with Crippen LogP contribution in [0.3, 0.4) is 0 Å². The van der Waals surface area contributed by atoms with Crippen LogP contribution in [0.2, 0.25) is 0 Å². The molecule has 0 spiro atoms. The van der Waals surface area contributed by atoms with E-state index in [9.17, 15) is 26.4 Å². The molecule has 0 aliphatic heterocycles. The van der Waals surface area contributed by atoms with Crippen LogP contribution in [0.5, 0.6) is 0 Å². The summed E-state index contributed by atoms with van der Waals surface area (Å²) in [5.74, 6) is -2.78. The number of aromatic carboxylic acids is 2. The van der Waals surface area contributed by atoms with Crippen molar-refractivity contribution in [2.45, 2.75) is 23.6 Å². The van der Waals surface area contributed by atoms with Crippen molar-refractivity contribution >= 4 is 32.2 Å². The van der Waals surface area contributed by atoms with E-state index in [1.54, 1.807) is 0 Å². The maximum absolute atomic E-state index is 12.3. The second kappa shape index (κ2) is 7.10. The maximum Gasteiger partial charge on any atom is 0.335 e. The lowest BCUT2D eigenvalue weighted by Gasteiger charge is -2.09. The molecule has 0 radical (unpaired) electrons.